The summed E-state index contributed by atoms with van der Waals surface area (Å²) in [5.74, 6) is 0. The Balaban J connectivity index is -0.0000000281. The minimum absolute atomic E-state index is 0. The van der Waals surface area contributed by atoms with Crippen LogP contribution in [0.2, 0.25) is 0 Å². The number of carbonyl (C=O) groups is 2. The van der Waals surface area contributed by atoms with Gasteiger partial charge in [0.15, 0.2) is 0 Å². The maximum absolute atomic E-state index is 9.53. The fraction of sp³-hybridized carbons (Fsp3) is 0. The van der Waals surface area contributed by atoms with E-state index in [9.17, 15) is 9.36 Å². The van der Waals surface area contributed by atoms with Gasteiger partial charge < -0.3 is 19.8 Å². The summed E-state index contributed by atoms with van der Waals surface area (Å²) >= 11 is 0. The van der Waals surface area contributed by atoms with Gasteiger partial charge in [0.25, 0.3) is 0 Å². The second kappa shape index (κ2) is 19.9. The van der Waals surface area contributed by atoms with Crippen molar-refractivity contribution in [3.63, 3.8) is 0 Å². The van der Waals surface area contributed by atoms with Gasteiger partial charge in [0, 0.05) is 0 Å². The van der Waals surface area contributed by atoms with E-state index in [4.69, 9.17) is 29.9 Å². The summed E-state index contributed by atoms with van der Waals surface area (Å²) in [7, 11) is -4.82. The molecule has 0 aliphatic carbocycles. The van der Waals surface area contributed by atoms with E-state index in [1.807, 2.05) is 0 Å². The van der Waals surface area contributed by atoms with Crippen molar-refractivity contribution in [3.8, 4) is 0 Å². The molecule has 0 aliphatic heterocycles. The second-order valence-electron chi connectivity index (χ2n) is 1.13. The first kappa shape index (κ1) is 36.3. The molecular weight excluding hydrogens is 320 g/mol. The van der Waals surface area contributed by atoms with Crippen LogP contribution in [0.25, 0.3) is 0 Å². The van der Waals surface area contributed by atoms with Gasteiger partial charge in [0.1, 0.15) is 0 Å². The van der Waals surface area contributed by atoms with Crippen LogP contribution in [0, 0.1) is 0 Å². The van der Waals surface area contributed by atoms with Gasteiger partial charge in [-0.2, -0.15) is 0 Å². The van der Waals surface area contributed by atoms with E-state index >= 15 is 0 Å². The van der Waals surface area contributed by atoms with E-state index < -0.39 is 20.1 Å². The van der Waals surface area contributed by atoms with Gasteiger partial charge in [-0.1, -0.05) is 0 Å². The Hall–Kier alpha value is 2.62. The van der Waals surface area contributed by atoms with Gasteiger partial charge in [0.05, 0.1) is 0 Å². The predicted octanol–water partition coefficient (Wildman–Crippen LogP) is -1.53. The molecule has 0 rings (SSSR count). The van der Waals surface area contributed by atoms with Gasteiger partial charge in [-0.3, -0.25) is 9.79 Å². The number of hydrogen-bond acceptors (Lipinski definition) is 4. The quantitative estimate of drug-likeness (QED) is 0.284. The normalized spacial score (nSPS) is 6.88. The van der Waals surface area contributed by atoms with Crippen LogP contribution in [0.4, 0.5) is 9.59 Å². The standard InChI is InChI=1S/CH3O6P.CH2O3.ClH.K.2Na.3H/c2-1(3)7-8(4,5)6;2-1(3)4;;;;;;;/h(H,2,3)(H2,4,5,6);(H2,2,3,4);1H;;;;;;. The maximum atomic E-state index is 9.53. The zero-order chi connectivity index (χ0) is 10.4. The number of hydrogen-bond donors (Lipinski definition) is 5. The molecule has 0 heterocycles. The van der Waals surface area contributed by atoms with Crippen molar-refractivity contribution in [1.29, 1.82) is 0 Å². The van der Waals surface area contributed by atoms with E-state index in [1.54, 1.807) is 0 Å². The molecule has 0 spiro atoms. The van der Waals surface area contributed by atoms with Crippen LogP contribution < -0.4 is 0 Å². The summed E-state index contributed by atoms with van der Waals surface area (Å²) in [6.07, 6.45) is -3.82. The first-order valence-electron chi connectivity index (χ1n) is 2.05. The molecule has 5 N–H and O–H groups in total. The van der Waals surface area contributed by atoms with Crippen LogP contribution in [0.1, 0.15) is 0 Å². The summed E-state index contributed by atoms with van der Waals surface area (Å²) in [4.78, 5) is 33.2. The van der Waals surface area contributed by atoms with Crippen molar-refractivity contribution in [2.24, 2.45) is 0 Å². The summed E-state index contributed by atoms with van der Waals surface area (Å²) in [6.45, 7) is 0. The first-order valence-corrected chi connectivity index (χ1v) is 3.58. The molecule has 0 bridgehead atoms. The van der Waals surface area contributed by atoms with Crippen LogP contribution >= 0.6 is 20.2 Å². The molecule has 0 saturated heterocycles. The third-order valence-electron chi connectivity index (χ3n) is 0.197. The number of phosphoric ester groups is 1. The van der Waals surface area contributed by atoms with Gasteiger partial charge in [-0.05, 0) is 0 Å². The molecule has 9 nitrogen and oxygen atoms in total. The van der Waals surface area contributed by atoms with Crippen LogP contribution in [0.3, 0.4) is 0 Å². The zero-order valence-corrected chi connectivity index (χ0v) is 7.44. The van der Waals surface area contributed by atoms with E-state index in [-0.39, 0.29) is 123 Å². The Labute approximate surface area is 183 Å². The Morgan fingerprint density at radius 2 is 1.19 bits per heavy atom. The molecule has 0 aromatic rings. The Morgan fingerprint density at radius 3 is 1.19 bits per heavy atom. The Morgan fingerprint density at radius 1 is 1.00 bits per heavy atom. The fourth-order valence-electron chi connectivity index (χ4n) is 0.102. The minimum atomic E-state index is -4.82. The average molecular weight is 329 g/mol. The van der Waals surface area contributed by atoms with Gasteiger partial charge in [-0.25, -0.2) is 14.2 Å². The van der Waals surface area contributed by atoms with Crippen LogP contribution in [-0.2, 0) is 9.09 Å². The zero-order valence-electron chi connectivity index (χ0n) is 5.72. The van der Waals surface area contributed by atoms with E-state index in [1.165, 1.54) is 0 Å². The molecule has 0 saturated carbocycles. The second-order valence-corrected chi connectivity index (χ2v) is 2.29. The van der Waals surface area contributed by atoms with Crippen molar-refractivity contribution >= 4 is 143 Å². The van der Waals surface area contributed by atoms with Crippen molar-refractivity contribution < 1.29 is 43.8 Å². The SMILES string of the molecule is Cl.O=C(O)O.O=C(O)OP(=O)(O)O.[KH].[NaH].[NaH]. The number of phosphoric acid groups is 1. The number of halogens is 1. The number of carboxylic acid groups (broad SMARTS) is 3. The molecule has 0 aromatic heterocycles. The first-order chi connectivity index (χ1) is 5.15. The molecule has 0 atom stereocenters. The molecule has 16 heavy (non-hydrogen) atoms. The molecule has 14 heteroatoms. The average Bonchev–Trinajstić information content (AvgIpc) is 1.52. The number of rotatable bonds is 1. The summed E-state index contributed by atoms with van der Waals surface area (Å²) in [6, 6.07) is 0. The van der Waals surface area contributed by atoms with E-state index in [2.05, 4.69) is 4.52 Å². The van der Waals surface area contributed by atoms with Crippen LogP contribution in [0.15, 0.2) is 0 Å². The molecule has 86 valence electrons. The van der Waals surface area contributed by atoms with E-state index in [0.717, 1.165) is 0 Å². The molecule has 0 fully saturated rings. The van der Waals surface area contributed by atoms with Crippen LogP contribution in [0.5, 0.6) is 0 Å². The summed E-state index contributed by atoms with van der Waals surface area (Å²) in [5.41, 5.74) is 0. The molecular formula is C2H9ClKNa2O9P. The monoisotopic (exact) mass is 328 g/mol. The van der Waals surface area contributed by atoms with E-state index in [0.29, 0.717) is 0 Å². The third-order valence-corrected chi connectivity index (χ3v) is 0.591. The van der Waals surface area contributed by atoms with Crippen molar-refractivity contribution in [2.45, 2.75) is 0 Å². The third kappa shape index (κ3) is 69.9. The molecule has 0 aromatic carbocycles. The molecule has 0 unspecified atom stereocenters. The molecule has 0 aliphatic rings. The Kier molecular flexibility index (Phi) is 45.2. The predicted molar refractivity (Wildman–Crippen MR) is 60.5 cm³/mol. The van der Waals surface area contributed by atoms with Crippen molar-refractivity contribution in [1.82, 2.24) is 0 Å². The fourth-order valence-corrected chi connectivity index (χ4v) is 0.305. The van der Waals surface area contributed by atoms with Crippen molar-refractivity contribution in [3.05, 3.63) is 0 Å². The topological polar surface area (TPSA) is 162 Å². The van der Waals surface area contributed by atoms with Gasteiger partial charge in [-0.15, -0.1) is 12.4 Å². The van der Waals surface area contributed by atoms with Gasteiger partial charge in [0.2, 0.25) is 0 Å². The Bertz CT molecular complexity index is 216. The molecule has 0 amide bonds. The van der Waals surface area contributed by atoms with Crippen LogP contribution in [-0.4, -0.2) is 148 Å². The van der Waals surface area contributed by atoms with Crippen molar-refractivity contribution in [2.75, 3.05) is 0 Å². The molecule has 0 radical (unpaired) electrons. The van der Waals surface area contributed by atoms with Gasteiger partial charge >= 0.3 is 131 Å². The summed E-state index contributed by atoms with van der Waals surface area (Å²) < 4.78 is 12.6. The summed E-state index contributed by atoms with van der Waals surface area (Å²) in [5, 5.41) is 21.5.